The van der Waals surface area contributed by atoms with Crippen molar-refractivity contribution in [2.75, 3.05) is 31.1 Å². The first-order valence-electron chi connectivity index (χ1n) is 8.83. The molecule has 1 aromatic heterocycles. The van der Waals surface area contributed by atoms with Crippen LogP contribution in [0.4, 0.5) is 10.8 Å². The number of unbranched alkanes of at least 4 members (excludes halogenated alkanes) is 1. The first-order chi connectivity index (χ1) is 13.0. The van der Waals surface area contributed by atoms with E-state index in [1.54, 1.807) is 11.0 Å². The van der Waals surface area contributed by atoms with Gasteiger partial charge in [-0.15, -0.1) is 0 Å². The standard InChI is InChI=1S/C18H20BrClN4O3/c1-3-4-7-26-18(25)23-5-6-24(11(2)10-23)17-22-15-12(9-21)14(20)8-13(19)16(15)27-17/h8,11H,3-7,10H2,1-2H3. The van der Waals surface area contributed by atoms with Gasteiger partial charge in [0.05, 0.1) is 16.1 Å². The number of aromatic nitrogens is 1. The molecule has 0 N–H and O–H groups in total. The van der Waals surface area contributed by atoms with Gasteiger partial charge in [-0.1, -0.05) is 24.9 Å². The third-order valence-corrected chi connectivity index (χ3v) is 5.42. The van der Waals surface area contributed by atoms with Crippen LogP contribution in [0.1, 0.15) is 32.3 Å². The van der Waals surface area contributed by atoms with E-state index < -0.39 is 0 Å². The fraction of sp³-hybridized carbons (Fsp3) is 0.500. The van der Waals surface area contributed by atoms with Crippen molar-refractivity contribution in [1.29, 1.82) is 5.26 Å². The molecule has 1 amide bonds. The third kappa shape index (κ3) is 3.99. The minimum Gasteiger partial charge on any atom is -0.449 e. The van der Waals surface area contributed by atoms with E-state index in [2.05, 4.69) is 33.9 Å². The van der Waals surface area contributed by atoms with E-state index in [0.29, 0.717) is 52.9 Å². The molecule has 2 heterocycles. The summed E-state index contributed by atoms with van der Waals surface area (Å²) in [5.74, 6) is 0. The first kappa shape index (κ1) is 19.8. The average molecular weight is 456 g/mol. The number of hydrogen-bond donors (Lipinski definition) is 0. The number of ether oxygens (including phenoxy) is 1. The Morgan fingerprint density at radius 3 is 3.00 bits per heavy atom. The Morgan fingerprint density at radius 2 is 2.33 bits per heavy atom. The molecule has 9 heteroatoms. The Bertz CT molecular complexity index is 895. The number of fused-ring (bicyclic) bond motifs is 1. The van der Waals surface area contributed by atoms with Crippen LogP contribution in [0.15, 0.2) is 15.0 Å². The van der Waals surface area contributed by atoms with E-state index in [1.165, 1.54) is 0 Å². The number of nitrogens with zero attached hydrogens (tertiary/aromatic N) is 4. The van der Waals surface area contributed by atoms with Gasteiger partial charge in [-0.25, -0.2) is 4.79 Å². The van der Waals surface area contributed by atoms with Crippen LogP contribution in [0.25, 0.3) is 11.1 Å². The number of oxazole rings is 1. The number of nitriles is 1. The summed E-state index contributed by atoms with van der Waals surface area (Å²) < 4.78 is 11.8. The largest absolute Gasteiger partial charge is 0.449 e. The highest BCUT2D eigenvalue weighted by Crippen LogP contribution is 2.35. The maximum Gasteiger partial charge on any atom is 0.409 e. The van der Waals surface area contributed by atoms with Gasteiger partial charge in [0.2, 0.25) is 0 Å². The minimum absolute atomic E-state index is 0.00896. The van der Waals surface area contributed by atoms with E-state index in [4.69, 9.17) is 20.8 Å². The summed E-state index contributed by atoms with van der Waals surface area (Å²) >= 11 is 9.54. The van der Waals surface area contributed by atoms with Gasteiger partial charge in [0.1, 0.15) is 17.1 Å². The molecule has 1 aromatic carbocycles. The number of amides is 1. The number of benzene rings is 1. The van der Waals surface area contributed by atoms with Crippen LogP contribution >= 0.6 is 27.5 Å². The van der Waals surface area contributed by atoms with Gasteiger partial charge in [0.15, 0.2) is 5.58 Å². The third-order valence-electron chi connectivity index (χ3n) is 4.53. The smallest absolute Gasteiger partial charge is 0.409 e. The fourth-order valence-corrected chi connectivity index (χ4v) is 3.90. The zero-order chi connectivity index (χ0) is 19.6. The lowest BCUT2D eigenvalue weighted by atomic mass is 10.2. The topological polar surface area (TPSA) is 82.6 Å². The molecule has 0 bridgehead atoms. The molecule has 1 saturated heterocycles. The summed E-state index contributed by atoms with van der Waals surface area (Å²) in [5.41, 5.74) is 1.20. The molecule has 0 spiro atoms. The Balaban J connectivity index is 1.78. The molecule has 1 fully saturated rings. The van der Waals surface area contributed by atoms with Crippen LogP contribution in [0.3, 0.4) is 0 Å². The van der Waals surface area contributed by atoms with Crippen molar-refractivity contribution in [3.63, 3.8) is 0 Å². The van der Waals surface area contributed by atoms with Crippen molar-refractivity contribution in [3.05, 3.63) is 21.1 Å². The first-order valence-corrected chi connectivity index (χ1v) is 10.00. The van der Waals surface area contributed by atoms with Crippen molar-refractivity contribution in [3.8, 4) is 6.07 Å². The van der Waals surface area contributed by atoms with Gasteiger partial charge in [-0.05, 0) is 35.3 Å². The molecule has 0 aliphatic carbocycles. The number of hydrogen-bond acceptors (Lipinski definition) is 6. The summed E-state index contributed by atoms with van der Waals surface area (Å²) in [6, 6.07) is 4.11. The van der Waals surface area contributed by atoms with Crippen LogP contribution in [0.2, 0.25) is 5.02 Å². The quantitative estimate of drug-likeness (QED) is 0.628. The Morgan fingerprint density at radius 1 is 1.56 bits per heavy atom. The predicted molar refractivity (Wildman–Crippen MR) is 106 cm³/mol. The van der Waals surface area contributed by atoms with Gasteiger partial charge in [-0.3, -0.25) is 0 Å². The molecule has 1 aliphatic heterocycles. The Labute approximate surface area is 170 Å². The zero-order valence-corrected chi connectivity index (χ0v) is 17.5. The van der Waals surface area contributed by atoms with Crippen LogP contribution in [-0.4, -0.2) is 48.3 Å². The maximum absolute atomic E-state index is 12.2. The molecule has 144 valence electrons. The highest BCUT2D eigenvalue weighted by Gasteiger charge is 2.31. The second-order valence-electron chi connectivity index (χ2n) is 6.46. The summed E-state index contributed by atoms with van der Waals surface area (Å²) in [6.45, 7) is 6.08. The summed E-state index contributed by atoms with van der Waals surface area (Å²) in [7, 11) is 0. The molecule has 1 unspecified atom stereocenters. The Hall–Kier alpha value is -1.98. The lowest BCUT2D eigenvalue weighted by Crippen LogP contribution is -2.54. The number of carbonyl (C=O) groups excluding carboxylic acids is 1. The molecular formula is C18H20BrClN4O3. The fourth-order valence-electron chi connectivity index (χ4n) is 3.03. The zero-order valence-electron chi connectivity index (χ0n) is 15.2. The molecule has 3 rings (SSSR count). The van der Waals surface area contributed by atoms with E-state index in [0.717, 1.165) is 12.8 Å². The van der Waals surface area contributed by atoms with Crippen molar-refractivity contribution >= 4 is 50.7 Å². The predicted octanol–water partition coefficient (Wildman–Crippen LogP) is 4.56. The molecular weight excluding hydrogens is 436 g/mol. The number of halogens is 2. The minimum atomic E-state index is -0.284. The van der Waals surface area contributed by atoms with Crippen molar-refractivity contribution in [2.45, 2.75) is 32.7 Å². The number of rotatable bonds is 4. The number of carbonyl (C=O) groups is 1. The lowest BCUT2D eigenvalue weighted by molar-refractivity contribution is 0.0939. The molecule has 2 aromatic rings. The molecule has 1 aliphatic rings. The summed E-state index contributed by atoms with van der Waals surface area (Å²) in [5, 5.41) is 9.68. The highest BCUT2D eigenvalue weighted by molar-refractivity contribution is 9.10. The average Bonchev–Trinajstić information content (AvgIpc) is 3.07. The Kier molecular flexibility index (Phi) is 6.12. The van der Waals surface area contributed by atoms with E-state index in [1.807, 2.05) is 11.8 Å². The second kappa shape index (κ2) is 8.36. The number of anilines is 1. The van der Waals surface area contributed by atoms with E-state index in [-0.39, 0.29) is 17.7 Å². The molecule has 0 radical (unpaired) electrons. The normalized spacial score (nSPS) is 17.2. The van der Waals surface area contributed by atoms with Gasteiger partial charge < -0.3 is 19.0 Å². The maximum atomic E-state index is 12.2. The number of piperazine rings is 1. The molecule has 27 heavy (non-hydrogen) atoms. The monoisotopic (exact) mass is 454 g/mol. The summed E-state index contributed by atoms with van der Waals surface area (Å²) in [6.07, 6.45) is 1.57. The molecule has 1 atom stereocenters. The lowest BCUT2D eigenvalue weighted by Gasteiger charge is -2.38. The SMILES string of the molecule is CCCCOC(=O)N1CCN(c2nc3c(C#N)c(Cl)cc(Br)c3o2)C(C)C1. The van der Waals surface area contributed by atoms with Gasteiger partial charge in [0, 0.05) is 25.7 Å². The van der Waals surface area contributed by atoms with Crippen molar-refractivity contribution in [2.24, 2.45) is 0 Å². The van der Waals surface area contributed by atoms with Gasteiger partial charge in [-0.2, -0.15) is 10.2 Å². The van der Waals surface area contributed by atoms with E-state index >= 15 is 0 Å². The van der Waals surface area contributed by atoms with Crippen LogP contribution in [-0.2, 0) is 4.74 Å². The van der Waals surface area contributed by atoms with Crippen LogP contribution < -0.4 is 4.90 Å². The van der Waals surface area contributed by atoms with E-state index in [9.17, 15) is 10.1 Å². The highest BCUT2D eigenvalue weighted by atomic mass is 79.9. The van der Waals surface area contributed by atoms with Crippen LogP contribution in [0.5, 0.6) is 0 Å². The molecule has 0 saturated carbocycles. The van der Waals surface area contributed by atoms with Crippen molar-refractivity contribution in [1.82, 2.24) is 9.88 Å². The second-order valence-corrected chi connectivity index (χ2v) is 7.72. The summed E-state index contributed by atoms with van der Waals surface area (Å²) in [4.78, 5) is 20.3. The van der Waals surface area contributed by atoms with Crippen LogP contribution in [0, 0.1) is 11.3 Å². The van der Waals surface area contributed by atoms with Gasteiger partial charge in [0.25, 0.3) is 6.01 Å². The van der Waals surface area contributed by atoms with Gasteiger partial charge >= 0.3 is 6.09 Å². The molecule has 7 nitrogen and oxygen atoms in total. The van der Waals surface area contributed by atoms with Crippen molar-refractivity contribution < 1.29 is 13.9 Å².